The van der Waals surface area contributed by atoms with Crippen LogP contribution in [0, 0.1) is 0 Å². The number of piperidine rings is 1. The third-order valence-electron chi connectivity index (χ3n) is 4.84. The molecule has 0 unspecified atom stereocenters. The van der Waals surface area contributed by atoms with E-state index in [4.69, 9.17) is 4.74 Å². The minimum absolute atomic E-state index is 0.154. The first-order chi connectivity index (χ1) is 11.7. The molecule has 0 radical (unpaired) electrons. The Morgan fingerprint density at radius 2 is 1.83 bits per heavy atom. The largest absolute Gasteiger partial charge is 0.450 e. The zero-order chi connectivity index (χ0) is 16.9. The van der Waals surface area contributed by atoms with Crippen LogP contribution in [-0.2, 0) is 4.74 Å². The van der Waals surface area contributed by atoms with Gasteiger partial charge in [-0.25, -0.2) is 4.79 Å². The fourth-order valence-corrected chi connectivity index (χ4v) is 4.17. The van der Waals surface area contributed by atoms with Crippen LogP contribution in [-0.4, -0.2) is 78.6 Å². The number of rotatable bonds is 3. The molecule has 24 heavy (non-hydrogen) atoms. The van der Waals surface area contributed by atoms with Gasteiger partial charge >= 0.3 is 6.09 Å². The van der Waals surface area contributed by atoms with Crippen LogP contribution in [0.5, 0.6) is 0 Å². The van der Waals surface area contributed by atoms with E-state index in [1.54, 1.807) is 4.90 Å². The Kier molecular flexibility index (Phi) is 5.73. The molecule has 0 saturated carbocycles. The minimum atomic E-state index is -0.192. The molecule has 132 valence electrons. The number of piperazine rings is 1. The fraction of sp³-hybridized carbons (Fsp3) is 0.647. The topological polar surface area (TPSA) is 53.1 Å². The van der Waals surface area contributed by atoms with Gasteiger partial charge in [-0.15, -0.1) is 11.3 Å². The Bertz CT molecular complexity index is 547. The van der Waals surface area contributed by atoms with Crippen LogP contribution in [0.2, 0.25) is 0 Å². The molecule has 3 heterocycles. The van der Waals surface area contributed by atoms with Gasteiger partial charge in [0.05, 0.1) is 11.5 Å². The maximum absolute atomic E-state index is 12.4. The van der Waals surface area contributed by atoms with Crippen LogP contribution >= 0.6 is 11.3 Å². The highest BCUT2D eigenvalue weighted by atomic mass is 32.1. The van der Waals surface area contributed by atoms with Gasteiger partial charge < -0.3 is 14.5 Å². The van der Waals surface area contributed by atoms with E-state index in [2.05, 4.69) is 4.90 Å². The Hall–Kier alpha value is -1.60. The van der Waals surface area contributed by atoms with E-state index >= 15 is 0 Å². The zero-order valence-electron chi connectivity index (χ0n) is 14.1. The van der Waals surface area contributed by atoms with E-state index in [9.17, 15) is 9.59 Å². The molecule has 0 aromatic carbocycles. The summed E-state index contributed by atoms with van der Waals surface area (Å²) < 4.78 is 5.07. The van der Waals surface area contributed by atoms with E-state index in [-0.39, 0.29) is 12.0 Å². The van der Waals surface area contributed by atoms with Gasteiger partial charge in [-0.05, 0) is 31.2 Å². The first-order valence-corrected chi connectivity index (χ1v) is 9.55. The molecule has 6 nitrogen and oxygen atoms in total. The van der Waals surface area contributed by atoms with Crippen molar-refractivity contribution in [3.05, 3.63) is 22.4 Å². The molecule has 3 rings (SSSR count). The first kappa shape index (κ1) is 17.2. The summed E-state index contributed by atoms with van der Waals surface area (Å²) in [6, 6.07) is 4.32. The second-order valence-electron chi connectivity index (χ2n) is 6.22. The van der Waals surface area contributed by atoms with Crippen LogP contribution in [0.4, 0.5) is 4.79 Å². The molecule has 2 fully saturated rings. The summed E-state index contributed by atoms with van der Waals surface area (Å²) in [5.74, 6) is 0.154. The van der Waals surface area contributed by atoms with Crippen molar-refractivity contribution in [1.29, 1.82) is 0 Å². The Balaban J connectivity index is 1.44. The maximum Gasteiger partial charge on any atom is 0.409 e. The van der Waals surface area contributed by atoms with Gasteiger partial charge in [0.15, 0.2) is 0 Å². The third-order valence-corrected chi connectivity index (χ3v) is 5.70. The normalized spacial score (nSPS) is 20.2. The fourth-order valence-electron chi connectivity index (χ4n) is 3.47. The number of ether oxygens (including phenoxy) is 1. The lowest BCUT2D eigenvalue weighted by Gasteiger charge is -2.42. The first-order valence-electron chi connectivity index (χ1n) is 8.67. The number of hydrogen-bond acceptors (Lipinski definition) is 5. The highest BCUT2D eigenvalue weighted by Gasteiger charge is 2.30. The van der Waals surface area contributed by atoms with Gasteiger partial charge in [-0.2, -0.15) is 0 Å². The van der Waals surface area contributed by atoms with Crippen LogP contribution in [0.15, 0.2) is 17.5 Å². The van der Waals surface area contributed by atoms with Crippen LogP contribution in [0.1, 0.15) is 29.4 Å². The van der Waals surface area contributed by atoms with E-state index in [0.29, 0.717) is 12.6 Å². The summed E-state index contributed by atoms with van der Waals surface area (Å²) in [7, 11) is 0. The molecule has 0 atom stereocenters. The Morgan fingerprint density at radius 1 is 1.12 bits per heavy atom. The lowest BCUT2D eigenvalue weighted by Crippen LogP contribution is -2.54. The molecular formula is C17H25N3O3S. The number of carbonyl (C=O) groups excluding carboxylic acids is 2. The molecular weight excluding hydrogens is 326 g/mol. The molecule has 1 aromatic heterocycles. The SMILES string of the molecule is CCOC(=O)N1CCC(N2CCN(C(=O)c3cccs3)CC2)CC1. The average molecular weight is 351 g/mol. The minimum Gasteiger partial charge on any atom is -0.450 e. The van der Waals surface area contributed by atoms with Crippen LogP contribution in [0.3, 0.4) is 0 Å². The second-order valence-corrected chi connectivity index (χ2v) is 7.17. The van der Waals surface area contributed by atoms with Gasteiger partial charge in [0.25, 0.3) is 5.91 Å². The molecule has 0 N–H and O–H groups in total. The quantitative estimate of drug-likeness (QED) is 0.837. The van der Waals surface area contributed by atoms with Crippen molar-refractivity contribution >= 4 is 23.3 Å². The summed E-state index contributed by atoms with van der Waals surface area (Å²) in [5, 5.41) is 1.95. The summed E-state index contributed by atoms with van der Waals surface area (Å²) in [5.41, 5.74) is 0. The highest BCUT2D eigenvalue weighted by Crippen LogP contribution is 2.20. The van der Waals surface area contributed by atoms with E-state index in [1.165, 1.54) is 11.3 Å². The number of nitrogens with zero attached hydrogens (tertiary/aromatic N) is 3. The van der Waals surface area contributed by atoms with Crippen LogP contribution < -0.4 is 0 Å². The van der Waals surface area contributed by atoms with E-state index < -0.39 is 0 Å². The third kappa shape index (κ3) is 3.89. The summed E-state index contributed by atoms with van der Waals surface area (Å²) >= 11 is 1.51. The van der Waals surface area contributed by atoms with Gasteiger partial charge in [0.1, 0.15) is 0 Å². The van der Waals surface area contributed by atoms with Gasteiger partial charge in [-0.3, -0.25) is 9.69 Å². The standard InChI is InChI=1S/C17H25N3O3S/c1-2-23-17(22)20-7-5-14(6-8-20)18-9-11-19(12-10-18)16(21)15-4-3-13-24-15/h3-4,13-14H,2,5-12H2,1H3. The van der Waals surface area contributed by atoms with Crippen molar-refractivity contribution in [2.24, 2.45) is 0 Å². The van der Waals surface area contributed by atoms with Crippen molar-refractivity contribution in [3.63, 3.8) is 0 Å². The Labute approximate surface area is 147 Å². The van der Waals surface area contributed by atoms with Crippen LogP contribution in [0.25, 0.3) is 0 Å². The smallest absolute Gasteiger partial charge is 0.409 e. The molecule has 0 spiro atoms. The number of amides is 2. The predicted molar refractivity (Wildman–Crippen MR) is 93.4 cm³/mol. The lowest BCUT2D eigenvalue weighted by molar-refractivity contribution is 0.0420. The number of thiophene rings is 1. The average Bonchev–Trinajstić information content (AvgIpc) is 3.16. The molecule has 2 saturated heterocycles. The van der Waals surface area contributed by atoms with E-state index in [1.807, 2.05) is 29.3 Å². The predicted octanol–water partition coefficient (Wildman–Crippen LogP) is 2.13. The molecule has 2 amide bonds. The lowest BCUT2D eigenvalue weighted by atomic mass is 10.0. The van der Waals surface area contributed by atoms with Crippen molar-refractivity contribution in [2.75, 3.05) is 45.9 Å². The molecule has 1 aromatic rings. The van der Waals surface area contributed by atoms with Gasteiger partial charge in [0.2, 0.25) is 0 Å². The van der Waals surface area contributed by atoms with Crippen molar-refractivity contribution in [3.8, 4) is 0 Å². The van der Waals surface area contributed by atoms with E-state index in [0.717, 1.165) is 57.0 Å². The van der Waals surface area contributed by atoms with Gasteiger partial charge in [-0.1, -0.05) is 6.07 Å². The zero-order valence-corrected chi connectivity index (χ0v) is 15.0. The molecule has 2 aliphatic rings. The molecule has 0 bridgehead atoms. The number of likely N-dealkylation sites (tertiary alicyclic amines) is 1. The summed E-state index contributed by atoms with van der Waals surface area (Å²) in [6.45, 7) is 7.20. The van der Waals surface area contributed by atoms with Crippen molar-refractivity contribution in [1.82, 2.24) is 14.7 Å². The number of hydrogen-bond donors (Lipinski definition) is 0. The summed E-state index contributed by atoms with van der Waals surface area (Å²) in [6.07, 6.45) is 1.78. The Morgan fingerprint density at radius 3 is 2.42 bits per heavy atom. The molecule has 2 aliphatic heterocycles. The molecule has 7 heteroatoms. The summed E-state index contributed by atoms with van der Waals surface area (Å²) in [4.78, 5) is 31.2. The maximum atomic E-state index is 12.4. The monoisotopic (exact) mass is 351 g/mol. The number of carbonyl (C=O) groups is 2. The second kappa shape index (κ2) is 7.98. The van der Waals surface area contributed by atoms with Crippen molar-refractivity contribution in [2.45, 2.75) is 25.8 Å². The van der Waals surface area contributed by atoms with Crippen molar-refractivity contribution < 1.29 is 14.3 Å². The highest BCUT2D eigenvalue weighted by molar-refractivity contribution is 7.12. The van der Waals surface area contributed by atoms with Gasteiger partial charge in [0, 0.05) is 45.3 Å². The molecule has 0 aliphatic carbocycles.